The summed E-state index contributed by atoms with van der Waals surface area (Å²) in [4.78, 5) is 25.9. The van der Waals surface area contributed by atoms with Gasteiger partial charge in [0, 0.05) is 26.1 Å². The van der Waals surface area contributed by atoms with Crippen molar-refractivity contribution in [3.63, 3.8) is 0 Å². The van der Waals surface area contributed by atoms with Crippen LogP contribution >= 0.6 is 0 Å². The van der Waals surface area contributed by atoms with Crippen LogP contribution in [0.3, 0.4) is 0 Å². The molecular weight excluding hydrogens is 270 g/mol. The Balaban J connectivity index is 1.84. The Kier molecular flexibility index (Phi) is 3.26. The van der Waals surface area contributed by atoms with Crippen LogP contribution in [0.1, 0.15) is 54.6 Å². The molecule has 1 aromatic heterocycles. The van der Waals surface area contributed by atoms with Crippen molar-refractivity contribution in [2.75, 3.05) is 13.1 Å². The van der Waals surface area contributed by atoms with E-state index in [0.717, 1.165) is 25.0 Å². The first-order valence-corrected chi connectivity index (χ1v) is 7.47. The number of likely N-dealkylation sites (tertiary alicyclic amines) is 1. The molecule has 114 valence electrons. The number of carbonyl (C=O) groups is 2. The Hall–Kier alpha value is -1.85. The van der Waals surface area contributed by atoms with Crippen molar-refractivity contribution in [3.05, 3.63) is 17.5 Å². The molecular formula is C15H21N3O3. The Morgan fingerprint density at radius 3 is 2.76 bits per heavy atom. The highest BCUT2D eigenvalue weighted by Gasteiger charge is 2.41. The van der Waals surface area contributed by atoms with Crippen molar-refractivity contribution >= 4 is 11.9 Å². The highest BCUT2D eigenvalue weighted by Crippen LogP contribution is 2.42. The Labute approximate surface area is 123 Å². The van der Waals surface area contributed by atoms with Crippen LogP contribution in [0.5, 0.6) is 0 Å². The van der Waals surface area contributed by atoms with Gasteiger partial charge in [0.25, 0.3) is 5.91 Å². The standard InChI is InChI=1S/C15H21N3O3/c1-15(14(20)21)6-3-7-18(9-15)13(19)11-8-16-17(2)12(11)10-4-5-10/h8,10H,3-7,9H2,1-2H3,(H,20,21). The second-order valence-corrected chi connectivity index (χ2v) is 6.54. The number of carbonyl (C=O) groups excluding carboxylic acids is 1. The molecule has 1 atom stereocenters. The highest BCUT2D eigenvalue weighted by molar-refractivity contribution is 5.96. The molecule has 1 amide bonds. The number of carboxylic acids is 1. The third-order valence-electron chi connectivity index (χ3n) is 4.68. The van der Waals surface area contributed by atoms with Gasteiger partial charge in [0.15, 0.2) is 0 Å². The maximum Gasteiger partial charge on any atom is 0.311 e. The van der Waals surface area contributed by atoms with E-state index < -0.39 is 11.4 Å². The van der Waals surface area contributed by atoms with Crippen LogP contribution in [-0.4, -0.2) is 44.8 Å². The molecule has 2 heterocycles. The van der Waals surface area contributed by atoms with Crippen molar-refractivity contribution in [3.8, 4) is 0 Å². The lowest BCUT2D eigenvalue weighted by molar-refractivity contribution is -0.150. The summed E-state index contributed by atoms with van der Waals surface area (Å²) in [6.07, 6.45) is 5.18. The van der Waals surface area contributed by atoms with Gasteiger partial charge in [-0.1, -0.05) is 0 Å². The zero-order chi connectivity index (χ0) is 15.2. The number of piperidine rings is 1. The summed E-state index contributed by atoms with van der Waals surface area (Å²) in [6, 6.07) is 0. The predicted molar refractivity (Wildman–Crippen MR) is 76.1 cm³/mol. The van der Waals surface area contributed by atoms with Gasteiger partial charge in [0.2, 0.25) is 0 Å². The fraction of sp³-hybridized carbons (Fsp3) is 0.667. The first kappa shape index (κ1) is 14.1. The van der Waals surface area contributed by atoms with Gasteiger partial charge in [-0.15, -0.1) is 0 Å². The van der Waals surface area contributed by atoms with Gasteiger partial charge in [-0.25, -0.2) is 0 Å². The summed E-state index contributed by atoms with van der Waals surface area (Å²) in [5, 5.41) is 13.6. The number of aryl methyl sites for hydroxylation is 1. The normalized spacial score (nSPS) is 25.9. The average molecular weight is 291 g/mol. The molecule has 1 N–H and O–H groups in total. The number of hydrogen-bond acceptors (Lipinski definition) is 3. The zero-order valence-corrected chi connectivity index (χ0v) is 12.5. The van der Waals surface area contributed by atoms with Gasteiger partial charge >= 0.3 is 5.97 Å². The SMILES string of the molecule is Cn1ncc(C(=O)N2CCCC(C)(C(=O)O)C2)c1C1CC1. The average Bonchev–Trinajstić information content (AvgIpc) is 3.21. The number of rotatable bonds is 3. The Morgan fingerprint density at radius 1 is 1.43 bits per heavy atom. The molecule has 3 rings (SSSR count). The quantitative estimate of drug-likeness (QED) is 0.918. The molecule has 1 saturated carbocycles. The highest BCUT2D eigenvalue weighted by atomic mass is 16.4. The van der Waals surface area contributed by atoms with E-state index in [-0.39, 0.29) is 12.5 Å². The monoisotopic (exact) mass is 291 g/mol. The summed E-state index contributed by atoms with van der Waals surface area (Å²) in [5.74, 6) is -0.460. The first-order chi connectivity index (χ1) is 9.92. The molecule has 0 radical (unpaired) electrons. The van der Waals surface area contributed by atoms with Crippen molar-refractivity contribution in [1.29, 1.82) is 0 Å². The van der Waals surface area contributed by atoms with Gasteiger partial charge in [-0.2, -0.15) is 5.10 Å². The molecule has 2 fully saturated rings. The van der Waals surface area contributed by atoms with Gasteiger partial charge < -0.3 is 10.0 Å². The maximum atomic E-state index is 12.8. The van der Waals surface area contributed by atoms with Crippen LogP contribution < -0.4 is 0 Å². The van der Waals surface area contributed by atoms with Gasteiger partial charge in [0.05, 0.1) is 22.9 Å². The van der Waals surface area contributed by atoms with Gasteiger partial charge in [0.1, 0.15) is 0 Å². The molecule has 1 aromatic rings. The minimum Gasteiger partial charge on any atom is -0.481 e. The number of aliphatic carboxylic acids is 1. The van der Waals surface area contributed by atoms with Crippen molar-refractivity contribution in [2.45, 2.75) is 38.5 Å². The van der Waals surface area contributed by atoms with E-state index in [2.05, 4.69) is 5.10 Å². The lowest BCUT2D eigenvalue weighted by atomic mass is 9.82. The first-order valence-electron chi connectivity index (χ1n) is 7.47. The molecule has 1 aliphatic heterocycles. The second kappa shape index (κ2) is 4.86. The van der Waals surface area contributed by atoms with Crippen LogP contribution in [0.2, 0.25) is 0 Å². The molecule has 1 unspecified atom stereocenters. The molecule has 1 saturated heterocycles. The summed E-state index contributed by atoms with van der Waals surface area (Å²) in [7, 11) is 1.86. The Morgan fingerprint density at radius 2 is 2.14 bits per heavy atom. The Bertz CT molecular complexity index is 591. The van der Waals surface area contributed by atoms with E-state index >= 15 is 0 Å². The maximum absolute atomic E-state index is 12.8. The van der Waals surface area contributed by atoms with E-state index in [0.29, 0.717) is 24.4 Å². The van der Waals surface area contributed by atoms with Crippen LogP contribution in [0.25, 0.3) is 0 Å². The largest absolute Gasteiger partial charge is 0.481 e. The van der Waals surface area contributed by atoms with Crippen molar-refractivity contribution < 1.29 is 14.7 Å². The predicted octanol–water partition coefficient (Wildman–Crippen LogP) is 1.62. The van der Waals surface area contributed by atoms with Crippen LogP contribution in [0.15, 0.2) is 6.20 Å². The number of aromatic nitrogens is 2. The zero-order valence-electron chi connectivity index (χ0n) is 12.5. The van der Waals surface area contributed by atoms with Gasteiger partial charge in [-0.05, 0) is 32.6 Å². The minimum absolute atomic E-state index is 0.0721. The summed E-state index contributed by atoms with van der Waals surface area (Å²) in [5.41, 5.74) is 0.813. The van der Waals surface area contributed by atoms with Gasteiger partial charge in [-0.3, -0.25) is 14.3 Å². The molecule has 6 nitrogen and oxygen atoms in total. The molecule has 6 heteroatoms. The molecule has 1 aliphatic carbocycles. The van der Waals surface area contributed by atoms with E-state index in [1.54, 1.807) is 22.7 Å². The van der Waals surface area contributed by atoms with Crippen molar-refractivity contribution in [1.82, 2.24) is 14.7 Å². The van der Waals surface area contributed by atoms with E-state index in [1.807, 2.05) is 7.05 Å². The number of carboxylic acid groups (broad SMARTS) is 1. The molecule has 0 aromatic carbocycles. The van der Waals surface area contributed by atoms with E-state index in [9.17, 15) is 14.7 Å². The fourth-order valence-corrected chi connectivity index (χ4v) is 3.21. The topological polar surface area (TPSA) is 75.4 Å². The summed E-state index contributed by atoms with van der Waals surface area (Å²) >= 11 is 0. The summed E-state index contributed by atoms with van der Waals surface area (Å²) < 4.78 is 1.78. The van der Waals surface area contributed by atoms with E-state index in [4.69, 9.17) is 0 Å². The lowest BCUT2D eigenvalue weighted by Gasteiger charge is -2.37. The van der Waals surface area contributed by atoms with E-state index in [1.165, 1.54) is 0 Å². The minimum atomic E-state index is -0.837. The van der Waals surface area contributed by atoms with Crippen LogP contribution in [-0.2, 0) is 11.8 Å². The number of nitrogens with zero attached hydrogens (tertiary/aromatic N) is 3. The smallest absolute Gasteiger partial charge is 0.311 e. The second-order valence-electron chi connectivity index (χ2n) is 6.54. The number of amides is 1. The van der Waals surface area contributed by atoms with Crippen molar-refractivity contribution in [2.24, 2.45) is 12.5 Å². The lowest BCUT2D eigenvalue weighted by Crippen LogP contribution is -2.48. The summed E-state index contributed by atoms with van der Waals surface area (Å²) in [6.45, 7) is 2.63. The molecule has 0 bridgehead atoms. The molecule has 21 heavy (non-hydrogen) atoms. The fourth-order valence-electron chi connectivity index (χ4n) is 3.21. The third kappa shape index (κ3) is 2.43. The third-order valence-corrected chi connectivity index (χ3v) is 4.68. The molecule has 2 aliphatic rings. The number of hydrogen-bond donors (Lipinski definition) is 1. The van der Waals surface area contributed by atoms with Crippen LogP contribution in [0.4, 0.5) is 0 Å². The molecule has 0 spiro atoms. The van der Waals surface area contributed by atoms with Crippen LogP contribution in [0, 0.1) is 5.41 Å².